The van der Waals surface area contributed by atoms with E-state index in [0.717, 1.165) is 5.56 Å². The summed E-state index contributed by atoms with van der Waals surface area (Å²) in [6.45, 7) is 5.57. The van der Waals surface area contributed by atoms with Crippen LogP contribution in [0, 0.1) is 6.92 Å². The summed E-state index contributed by atoms with van der Waals surface area (Å²) in [5.41, 5.74) is 0.780. The highest BCUT2D eigenvalue weighted by Crippen LogP contribution is 2.30. The van der Waals surface area contributed by atoms with Crippen molar-refractivity contribution >= 4 is 17.7 Å². The normalized spacial score (nSPS) is 11.0. The summed E-state index contributed by atoms with van der Waals surface area (Å²) in [5.74, 6) is -0.995. The fraction of sp³-hybridized carbons (Fsp3) is 0.308. The third-order valence-corrected chi connectivity index (χ3v) is 3.80. The van der Waals surface area contributed by atoms with Gasteiger partial charge in [0.15, 0.2) is 5.16 Å². The maximum atomic E-state index is 11.7. The molecule has 2 N–H and O–H groups in total. The molecule has 0 fully saturated rings. The standard InChI is InChI=1S/C13H15N3O3S/c1-7(2)16-12(19)14-15-13(16)20-10-5-4-8(3)6-9(10)11(17)18/h4-7H,1-3H3,(H,14,19)(H,17,18). The number of hydrogen-bond donors (Lipinski definition) is 2. The first-order valence-electron chi connectivity index (χ1n) is 6.09. The fourth-order valence-corrected chi connectivity index (χ4v) is 2.89. The molecule has 0 aliphatic carbocycles. The van der Waals surface area contributed by atoms with Crippen molar-refractivity contribution in [3.63, 3.8) is 0 Å². The lowest BCUT2D eigenvalue weighted by atomic mass is 10.1. The Morgan fingerprint density at radius 1 is 1.45 bits per heavy atom. The number of rotatable bonds is 4. The average molecular weight is 293 g/mol. The molecule has 0 aliphatic heterocycles. The van der Waals surface area contributed by atoms with Gasteiger partial charge in [0.1, 0.15) is 0 Å². The zero-order chi connectivity index (χ0) is 14.9. The zero-order valence-corrected chi connectivity index (χ0v) is 12.2. The summed E-state index contributed by atoms with van der Waals surface area (Å²) in [7, 11) is 0. The van der Waals surface area contributed by atoms with Gasteiger partial charge < -0.3 is 5.11 Å². The minimum Gasteiger partial charge on any atom is -0.478 e. The van der Waals surface area contributed by atoms with Crippen LogP contribution in [0.2, 0.25) is 0 Å². The number of nitrogens with zero attached hydrogens (tertiary/aromatic N) is 2. The number of H-pyrrole nitrogens is 1. The summed E-state index contributed by atoms with van der Waals surface area (Å²) >= 11 is 1.17. The van der Waals surface area contributed by atoms with E-state index >= 15 is 0 Å². The molecule has 20 heavy (non-hydrogen) atoms. The maximum absolute atomic E-state index is 11.7. The summed E-state index contributed by atoms with van der Waals surface area (Å²) in [6.07, 6.45) is 0. The van der Waals surface area contributed by atoms with E-state index in [9.17, 15) is 14.7 Å². The van der Waals surface area contributed by atoms with Gasteiger partial charge in [-0.3, -0.25) is 4.57 Å². The lowest BCUT2D eigenvalue weighted by Crippen LogP contribution is -2.19. The van der Waals surface area contributed by atoms with Crippen molar-refractivity contribution in [3.05, 3.63) is 39.8 Å². The van der Waals surface area contributed by atoms with E-state index in [1.54, 1.807) is 12.1 Å². The largest absolute Gasteiger partial charge is 0.478 e. The zero-order valence-electron chi connectivity index (χ0n) is 11.4. The Kier molecular flexibility index (Phi) is 3.99. The van der Waals surface area contributed by atoms with Gasteiger partial charge in [0.05, 0.1) is 5.56 Å². The molecule has 2 aromatic rings. The van der Waals surface area contributed by atoms with Crippen molar-refractivity contribution < 1.29 is 9.90 Å². The van der Waals surface area contributed by atoms with Crippen LogP contribution >= 0.6 is 11.8 Å². The summed E-state index contributed by atoms with van der Waals surface area (Å²) in [5, 5.41) is 16.0. The van der Waals surface area contributed by atoms with Crippen LogP contribution in [0.4, 0.5) is 0 Å². The van der Waals surface area contributed by atoms with Gasteiger partial charge in [-0.15, -0.1) is 5.10 Å². The predicted molar refractivity (Wildman–Crippen MR) is 75.5 cm³/mol. The van der Waals surface area contributed by atoms with E-state index in [0.29, 0.717) is 10.1 Å². The summed E-state index contributed by atoms with van der Waals surface area (Å²) < 4.78 is 1.50. The molecule has 0 bridgehead atoms. The number of hydrogen-bond acceptors (Lipinski definition) is 4. The van der Waals surface area contributed by atoms with Crippen LogP contribution in [0.25, 0.3) is 0 Å². The van der Waals surface area contributed by atoms with E-state index < -0.39 is 5.97 Å². The number of aromatic amines is 1. The van der Waals surface area contributed by atoms with Crippen molar-refractivity contribution in [1.82, 2.24) is 14.8 Å². The van der Waals surface area contributed by atoms with Gasteiger partial charge in [-0.1, -0.05) is 11.6 Å². The molecule has 6 nitrogen and oxygen atoms in total. The molecule has 2 rings (SSSR count). The third kappa shape index (κ3) is 2.77. The van der Waals surface area contributed by atoms with Crippen LogP contribution in [0.3, 0.4) is 0 Å². The molecule has 0 aliphatic rings. The van der Waals surface area contributed by atoms with Gasteiger partial charge in [0.25, 0.3) is 0 Å². The SMILES string of the molecule is Cc1ccc(Sc2n[nH]c(=O)n2C(C)C)c(C(=O)O)c1. The topological polar surface area (TPSA) is 88.0 Å². The Labute approximate surface area is 119 Å². The molecular formula is C13H15N3O3S. The summed E-state index contributed by atoms with van der Waals surface area (Å²) in [4.78, 5) is 23.5. The molecule has 0 saturated carbocycles. The van der Waals surface area contributed by atoms with Crippen molar-refractivity contribution in [2.24, 2.45) is 0 Å². The third-order valence-electron chi connectivity index (χ3n) is 2.76. The van der Waals surface area contributed by atoms with Gasteiger partial charge >= 0.3 is 11.7 Å². The van der Waals surface area contributed by atoms with Crippen molar-refractivity contribution in [1.29, 1.82) is 0 Å². The minimum absolute atomic E-state index is 0.0533. The second-order valence-corrected chi connectivity index (χ2v) is 5.69. The molecule has 106 valence electrons. The van der Waals surface area contributed by atoms with Crippen molar-refractivity contribution in [3.8, 4) is 0 Å². The fourth-order valence-electron chi connectivity index (χ4n) is 1.82. The average Bonchev–Trinajstić information content (AvgIpc) is 2.72. The van der Waals surface area contributed by atoms with Crippen molar-refractivity contribution in [2.75, 3.05) is 0 Å². The number of benzene rings is 1. The molecule has 1 heterocycles. The van der Waals surface area contributed by atoms with Gasteiger partial charge in [0, 0.05) is 10.9 Å². The van der Waals surface area contributed by atoms with Gasteiger partial charge in [-0.05, 0) is 44.7 Å². The molecule has 1 aromatic carbocycles. The maximum Gasteiger partial charge on any atom is 0.344 e. The lowest BCUT2D eigenvalue weighted by Gasteiger charge is -2.10. The van der Waals surface area contributed by atoms with Gasteiger partial charge in [-0.25, -0.2) is 14.7 Å². The molecule has 0 spiro atoms. The van der Waals surface area contributed by atoms with E-state index in [4.69, 9.17) is 0 Å². The highest BCUT2D eigenvalue weighted by Gasteiger charge is 2.17. The van der Waals surface area contributed by atoms with E-state index in [-0.39, 0.29) is 17.3 Å². The smallest absolute Gasteiger partial charge is 0.344 e. The number of carbonyl (C=O) groups is 1. The molecule has 1 aromatic heterocycles. The Morgan fingerprint density at radius 2 is 2.15 bits per heavy atom. The Balaban J connectivity index is 2.45. The number of carboxylic acid groups (broad SMARTS) is 1. The number of aromatic nitrogens is 3. The number of nitrogens with one attached hydrogen (secondary N) is 1. The highest BCUT2D eigenvalue weighted by molar-refractivity contribution is 7.99. The lowest BCUT2D eigenvalue weighted by molar-refractivity contribution is 0.0693. The minimum atomic E-state index is -0.995. The number of aryl methyl sites for hydroxylation is 1. The quantitative estimate of drug-likeness (QED) is 0.903. The Morgan fingerprint density at radius 3 is 2.75 bits per heavy atom. The highest BCUT2D eigenvalue weighted by atomic mass is 32.2. The second kappa shape index (κ2) is 5.54. The molecule has 0 atom stereocenters. The molecule has 0 unspecified atom stereocenters. The Bertz CT molecular complexity index is 703. The van der Waals surface area contributed by atoms with Gasteiger partial charge in [0.2, 0.25) is 0 Å². The van der Waals surface area contributed by atoms with E-state index in [1.165, 1.54) is 16.3 Å². The first-order chi connectivity index (χ1) is 9.40. The first-order valence-corrected chi connectivity index (χ1v) is 6.90. The number of aromatic carboxylic acids is 1. The first kappa shape index (κ1) is 14.4. The van der Waals surface area contributed by atoms with E-state index in [1.807, 2.05) is 26.8 Å². The second-order valence-electron chi connectivity index (χ2n) is 4.68. The van der Waals surface area contributed by atoms with Gasteiger partial charge in [-0.2, -0.15) is 0 Å². The number of carboxylic acids is 1. The molecule has 7 heteroatoms. The predicted octanol–water partition coefficient (Wildman–Crippen LogP) is 2.31. The molecule has 0 saturated heterocycles. The van der Waals surface area contributed by atoms with Crippen LogP contribution in [-0.2, 0) is 0 Å². The van der Waals surface area contributed by atoms with Crippen LogP contribution in [0.1, 0.15) is 35.8 Å². The molecule has 0 amide bonds. The van der Waals surface area contributed by atoms with Crippen molar-refractivity contribution in [2.45, 2.75) is 36.9 Å². The van der Waals surface area contributed by atoms with Crippen LogP contribution in [0.15, 0.2) is 33.0 Å². The summed E-state index contributed by atoms with van der Waals surface area (Å²) in [6, 6.07) is 5.12. The monoisotopic (exact) mass is 293 g/mol. The Hall–Kier alpha value is -2.02. The molecule has 0 radical (unpaired) electrons. The van der Waals surface area contributed by atoms with E-state index in [2.05, 4.69) is 10.2 Å². The van der Waals surface area contributed by atoms with Crippen LogP contribution < -0.4 is 5.69 Å². The van der Waals surface area contributed by atoms with Crippen LogP contribution in [0.5, 0.6) is 0 Å². The van der Waals surface area contributed by atoms with Crippen LogP contribution in [-0.4, -0.2) is 25.8 Å². The molecular weight excluding hydrogens is 278 g/mol.